The number of nitrogens with one attached hydrogen (secondary N) is 1. The van der Waals surface area contributed by atoms with Gasteiger partial charge in [0.1, 0.15) is 11.5 Å². The molecule has 202 valence electrons. The summed E-state index contributed by atoms with van der Waals surface area (Å²) in [4.78, 5) is 21.3. The number of amides is 1. The van der Waals surface area contributed by atoms with Crippen molar-refractivity contribution < 1.29 is 27.1 Å². The van der Waals surface area contributed by atoms with Crippen LogP contribution in [0.3, 0.4) is 0 Å². The minimum atomic E-state index is -4.55. The van der Waals surface area contributed by atoms with Gasteiger partial charge in [0.15, 0.2) is 5.76 Å². The largest absolute Gasteiger partial charge is 0.497 e. The SMILES string of the molecule is COc1ccc(CN2CCN(c3ccc(C(F)(F)F)cc3NC(=O)c3ccc(-c4ccncc4)o3)CC2)cc1. The lowest BCUT2D eigenvalue weighted by Gasteiger charge is -2.37. The zero-order valence-corrected chi connectivity index (χ0v) is 21.2. The molecule has 4 aromatic rings. The van der Waals surface area contributed by atoms with Gasteiger partial charge in [0, 0.05) is 50.7 Å². The predicted molar refractivity (Wildman–Crippen MR) is 142 cm³/mol. The summed E-state index contributed by atoms with van der Waals surface area (Å²) in [7, 11) is 1.63. The fourth-order valence-electron chi connectivity index (χ4n) is 4.54. The molecule has 1 aliphatic rings. The molecule has 2 aromatic heterocycles. The number of hydrogen-bond donors (Lipinski definition) is 1. The van der Waals surface area contributed by atoms with Crippen LogP contribution in [-0.4, -0.2) is 49.1 Å². The van der Waals surface area contributed by atoms with E-state index in [4.69, 9.17) is 9.15 Å². The summed E-state index contributed by atoms with van der Waals surface area (Å²) in [6.07, 6.45) is -1.35. The number of nitrogens with zero attached hydrogens (tertiary/aromatic N) is 3. The van der Waals surface area contributed by atoms with Crippen LogP contribution < -0.4 is 15.0 Å². The molecule has 0 atom stereocenters. The summed E-state index contributed by atoms with van der Waals surface area (Å²) in [6, 6.07) is 17.9. The summed E-state index contributed by atoms with van der Waals surface area (Å²) >= 11 is 0. The van der Waals surface area contributed by atoms with Crippen molar-refractivity contribution in [3.05, 3.63) is 96.0 Å². The highest BCUT2D eigenvalue weighted by molar-refractivity contribution is 6.04. The Bertz CT molecular complexity index is 1410. The first-order chi connectivity index (χ1) is 18.8. The Morgan fingerprint density at radius 3 is 2.36 bits per heavy atom. The second-order valence-electron chi connectivity index (χ2n) is 9.19. The summed E-state index contributed by atoms with van der Waals surface area (Å²) in [5.41, 5.74) is 1.66. The van der Waals surface area contributed by atoms with E-state index < -0.39 is 17.6 Å². The van der Waals surface area contributed by atoms with Gasteiger partial charge in [-0.25, -0.2) is 0 Å². The highest BCUT2D eigenvalue weighted by Crippen LogP contribution is 2.36. The average molecular weight is 537 g/mol. The molecule has 0 spiro atoms. The lowest BCUT2D eigenvalue weighted by Crippen LogP contribution is -2.46. The maximum Gasteiger partial charge on any atom is 0.416 e. The molecule has 7 nitrogen and oxygen atoms in total. The zero-order valence-electron chi connectivity index (χ0n) is 21.2. The fourth-order valence-corrected chi connectivity index (χ4v) is 4.54. The summed E-state index contributed by atoms with van der Waals surface area (Å²) < 4.78 is 51.5. The number of carbonyl (C=O) groups is 1. The van der Waals surface area contributed by atoms with E-state index in [-0.39, 0.29) is 11.4 Å². The summed E-state index contributed by atoms with van der Waals surface area (Å²) in [5.74, 6) is 0.617. The molecule has 1 saturated heterocycles. The molecule has 39 heavy (non-hydrogen) atoms. The van der Waals surface area contributed by atoms with Gasteiger partial charge in [0.2, 0.25) is 0 Å². The first kappa shape index (κ1) is 26.3. The third kappa shape index (κ3) is 6.23. The van der Waals surface area contributed by atoms with Crippen molar-refractivity contribution in [1.82, 2.24) is 9.88 Å². The minimum absolute atomic E-state index is 0.00511. The van der Waals surface area contributed by atoms with E-state index in [2.05, 4.69) is 15.2 Å². The Hall–Kier alpha value is -4.31. The number of ether oxygens (including phenoxy) is 1. The van der Waals surface area contributed by atoms with Crippen LogP contribution in [0.4, 0.5) is 24.5 Å². The van der Waals surface area contributed by atoms with Crippen LogP contribution in [-0.2, 0) is 12.7 Å². The summed E-state index contributed by atoms with van der Waals surface area (Å²) in [6.45, 7) is 3.38. The molecule has 0 aliphatic carbocycles. The first-order valence-electron chi connectivity index (χ1n) is 12.4. The molecule has 0 saturated carbocycles. The second-order valence-corrected chi connectivity index (χ2v) is 9.19. The Balaban J connectivity index is 1.31. The number of rotatable bonds is 7. The molecule has 10 heteroatoms. The van der Waals surface area contributed by atoms with E-state index in [9.17, 15) is 18.0 Å². The first-order valence-corrected chi connectivity index (χ1v) is 12.4. The topological polar surface area (TPSA) is 70.8 Å². The standard InChI is InChI=1S/C29H27F3N4O3/c1-38-23-5-2-20(3-6-23)19-35-14-16-36(17-15-35)25-7-4-22(29(30,31)32)18-24(25)34-28(37)27-9-8-26(39-27)21-10-12-33-13-11-21/h2-13,18H,14-17,19H2,1H3,(H,34,37). The number of pyridine rings is 1. The molecule has 0 bridgehead atoms. The van der Waals surface area contributed by atoms with Crippen LogP contribution in [0.1, 0.15) is 21.7 Å². The fraction of sp³-hybridized carbons (Fsp3) is 0.241. The van der Waals surface area contributed by atoms with Gasteiger partial charge in [-0.15, -0.1) is 0 Å². The van der Waals surface area contributed by atoms with Gasteiger partial charge in [0.25, 0.3) is 5.91 Å². The van der Waals surface area contributed by atoms with E-state index in [0.717, 1.165) is 35.6 Å². The molecule has 0 radical (unpaired) electrons. The number of carbonyl (C=O) groups excluding carboxylic acids is 1. The van der Waals surface area contributed by atoms with Gasteiger partial charge in [-0.2, -0.15) is 13.2 Å². The van der Waals surface area contributed by atoms with Gasteiger partial charge >= 0.3 is 6.18 Å². The Morgan fingerprint density at radius 2 is 1.69 bits per heavy atom. The van der Waals surface area contributed by atoms with Crippen molar-refractivity contribution in [1.29, 1.82) is 0 Å². The van der Waals surface area contributed by atoms with Crippen molar-refractivity contribution >= 4 is 17.3 Å². The highest BCUT2D eigenvalue weighted by atomic mass is 19.4. The molecular formula is C29H27F3N4O3. The smallest absolute Gasteiger partial charge is 0.416 e. The maximum atomic E-state index is 13.5. The van der Waals surface area contributed by atoms with Gasteiger partial charge in [0.05, 0.1) is 24.0 Å². The maximum absolute atomic E-state index is 13.5. The summed E-state index contributed by atoms with van der Waals surface area (Å²) in [5, 5.41) is 2.65. The zero-order chi connectivity index (χ0) is 27.4. The van der Waals surface area contributed by atoms with E-state index in [0.29, 0.717) is 37.6 Å². The lowest BCUT2D eigenvalue weighted by molar-refractivity contribution is -0.137. The molecule has 5 rings (SSSR count). The Morgan fingerprint density at radius 1 is 0.974 bits per heavy atom. The minimum Gasteiger partial charge on any atom is -0.497 e. The third-order valence-corrected chi connectivity index (χ3v) is 6.64. The third-order valence-electron chi connectivity index (χ3n) is 6.64. The monoisotopic (exact) mass is 536 g/mol. The van der Waals surface area contributed by atoms with Crippen molar-refractivity contribution in [3.63, 3.8) is 0 Å². The van der Waals surface area contributed by atoms with E-state index >= 15 is 0 Å². The number of alkyl halides is 3. The Kier molecular flexibility index (Phi) is 7.56. The van der Waals surface area contributed by atoms with E-state index in [1.807, 2.05) is 29.2 Å². The normalized spacial score (nSPS) is 14.3. The van der Waals surface area contributed by atoms with E-state index in [1.165, 1.54) is 12.1 Å². The van der Waals surface area contributed by atoms with Crippen molar-refractivity contribution in [3.8, 4) is 17.1 Å². The molecule has 1 fully saturated rings. The number of halogens is 3. The molecule has 0 unspecified atom stereocenters. The van der Waals surface area contributed by atoms with Crippen LogP contribution in [0, 0.1) is 0 Å². The van der Waals surface area contributed by atoms with E-state index in [1.54, 1.807) is 37.7 Å². The van der Waals surface area contributed by atoms with Crippen molar-refractivity contribution in [2.24, 2.45) is 0 Å². The quantitative estimate of drug-likeness (QED) is 0.315. The average Bonchev–Trinajstić information content (AvgIpc) is 3.45. The number of furan rings is 1. The van der Waals surface area contributed by atoms with Crippen LogP contribution in [0.5, 0.6) is 5.75 Å². The van der Waals surface area contributed by atoms with Crippen LogP contribution >= 0.6 is 0 Å². The molecule has 1 amide bonds. The van der Waals surface area contributed by atoms with Crippen molar-refractivity contribution in [2.75, 3.05) is 43.5 Å². The molecular weight excluding hydrogens is 509 g/mol. The number of benzene rings is 2. The number of hydrogen-bond acceptors (Lipinski definition) is 6. The number of aromatic nitrogens is 1. The van der Waals surface area contributed by atoms with Crippen LogP contribution in [0.25, 0.3) is 11.3 Å². The van der Waals surface area contributed by atoms with Crippen LogP contribution in [0.2, 0.25) is 0 Å². The molecule has 1 aliphatic heterocycles. The molecule has 3 heterocycles. The van der Waals surface area contributed by atoms with Gasteiger partial charge in [-0.1, -0.05) is 12.1 Å². The van der Waals surface area contributed by atoms with Gasteiger partial charge < -0.3 is 19.4 Å². The van der Waals surface area contributed by atoms with Gasteiger partial charge in [-0.05, 0) is 60.2 Å². The number of piperazine rings is 1. The predicted octanol–water partition coefficient (Wildman–Crippen LogP) is 5.94. The highest BCUT2D eigenvalue weighted by Gasteiger charge is 2.32. The van der Waals surface area contributed by atoms with Crippen molar-refractivity contribution in [2.45, 2.75) is 12.7 Å². The Labute approximate surface area is 223 Å². The van der Waals surface area contributed by atoms with Gasteiger partial charge in [-0.3, -0.25) is 14.7 Å². The molecule has 2 aromatic carbocycles. The molecule has 1 N–H and O–H groups in total. The number of anilines is 2. The van der Waals surface area contributed by atoms with Crippen LogP contribution in [0.15, 0.2) is 83.5 Å². The lowest BCUT2D eigenvalue weighted by atomic mass is 10.1. The second kappa shape index (κ2) is 11.2. The number of methoxy groups -OCH3 is 1.